The molecule has 0 saturated heterocycles. The van der Waals surface area contributed by atoms with Gasteiger partial charge in [0.05, 0.1) is 10.9 Å². The third-order valence-corrected chi connectivity index (χ3v) is 4.83. The van der Waals surface area contributed by atoms with Crippen LogP contribution in [0, 0.1) is 0 Å². The molecule has 0 aliphatic carbocycles. The number of halogens is 5. The number of hydrogen-bond acceptors (Lipinski definition) is 4. The van der Waals surface area contributed by atoms with E-state index in [1.165, 1.54) is 17.4 Å². The number of guanidine groups is 1. The number of nitrogens with one attached hydrogen (secondary N) is 2. The lowest BCUT2D eigenvalue weighted by Gasteiger charge is -2.15. The zero-order valence-electron chi connectivity index (χ0n) is 15.5. The lowest BCUT2D eigenvalue weighted by Crippen LogP contribution is -2.39. The second-order valence-electron chi connectivity index (χ2n) is 5.75. The quantitative estimate of drug-likeness (QED) is 0.246. The minimum absolute atomic E-state index is 0. The number of ether oxygens (including phenoxy) is 1. The van der Waals surface area contributed by atoms with Crippen molar-refractivity contribution in [1.29, 1.82) is 0 Å². The van der Waals surface area contributed by atoms with Crippen LogP contribution in [-0.4, -0.2) is 36.9 Å². The van der Waals surface area contributed by atoms with E-state index in [1.54, 1.807) is 30.3 Å². The molecular formula is C18H22ClF3IN3O2S. The van der Waals surface area contributed by atoms with Gasteiger partial charge in [-0.1, -0.05) is 29.8 Å². The van der Waals surface area contributed by atoms with Gasteiger partial charge in [-0.15, -0.1) is 35.3 Å². The first kappa shape index (κ1) is 25.8. The van der Waals surface area contributed by atoms with Crippen LogP contribution in [0.3, 0.4) is 0 Å². The minimum atomic E-state index is -4.41. The number of thiophene rings is 1. The average Bonchev–Trinajstić information content (AvgIpc) is 3.08. The van der Waals surface area contributed by atoms with Crippen LogP contribution in [0.4, 0.5) is 13.2 Å². The highest BCUT2D eigenvalue weighted by atomic mass is 127. The van der Waals surface area contributed by atoms with Gasteiger partial charge in [0.25, 0.3) is 0 Å². The Hall–Kier alpha value is -1.24. The lowest BCUT2D eigenvalue weighted by atomic mass is 10.2. The molecule has 2 aromatic rings. The zero-order valence-corrected chi connectivity index (χ0v) is 19.4. The summed E-state index contributed by atoms with van der Waals surface area (Å²) in [5, 5.41) is 16.2. The van der Waals surface area contributed by atoms with Crippen molar-refractivity contribution in [3.8, 4) is 5.75 Å². The summed E-state index contributed by atoms with van der Waals surface area (Å²) in [5.41, 5.74) is 0.523. The molecule has 5 nitrogen and oxygen atoms in total. The van der Waals surface area contributed by atoms with Crippen molar-refractivity contribution in [3.05, 3.63) is 51.2 Å². The average molecular weight is 564 g/mol. The summed E-state index contributed by atoms with van der Waals surface area (Å²) in [6.07, 6.45) is -5.17. The second-order valence-corrected chi connectivity index (χ2v) is 7.49. The molecule has 0 bridgehead atoms. The summed E-state index contributed by atoms with van der Waals surface area (Å²) in [7, 11) is 0. The zero-order chi connectivity index (χ0) is 20.6. The number of nitrogens with zero attached hydrogens (tertiary/aromatic N) is 1. The maximum absolute atomic E-state index is 12.4. The van der Waals surface area contributed by atoms with E-state index in [0.717, 1.165) is 4.88 Å². The normalized spacial score (nSPS) is 12.8. The Morgan fingerprint density at radius 1 is 1.24 bits per heavy atom. The molecule has 0 saturated carbocycles. The molecule has 11 heteroatoms. The molecule has 0 aliphatic heterocycles. The molecule has 1 unspecified atom stereocenters. The fraction of sp³-hybridized carbons (Fsp3) is 0.389. The topological polar surface area (TPSA) is 65.9 Å². The Morgan fingerprint density at radius 2 is 1.97 bits per heavy atom. The van der Waals surface area contributed by atoms with Gasteiger partial charge in [-0.25, -0.2) is 4.99 Å². The summed E-state index contributed by atoms with van der Waals surface area (Å²) in [6.45, 7) is 1.42. The maximum Gasteiger partial charge on any atom is 0.422 e. The van der Waals surface area contributed by atoms with Crippen molar-refractivity contribution in [2.75, 3.05) is 19.7 Å². The third kappa shape index (κ3) is 9.41. The van der Waals surface area contributed by atoms with Gasteiger partial charge in [-0.2, -0.15) is 13.2 Å². The molecule has 29 heavy (non-hydrogen) atoms. The van der Waals surface area contributed by atoms with Gasteiger partial charge < -0.3 is 20.5 Å². The van der Waals surface area contributed by atoms with Gasteiger partial charge in [-0.3, -0.25) is 0 Å². The summed E-state index contributed by atoms with van der Waals surface area (Å²) < 4.78 is 42.7. The van der Waals surface area contributed by atoms with Crippen LogP contribution >= 0.6 is 46.9 Å². The molecule has 0 aliphatic rings. The Kier molecular flexibility index (Phi) is 11.1. The first-order valence-corrected chi connectivity index (χ1v) is 9.71. The van der Waals surface area contributed by atoms with Crippen LogP contribution in [0.2, 0.25) is 4.34 Å². The van der Waals surface area contributed by atoms with Crippen LogP contribution in [-0.2, 0) is 6.54 Å². The van der Waals surface area contributed by atoms with Crippen molar-refractivity contribution in [1.82, 2.24) is 10.6 Å². The molecule has 2 rings (SSSR count). The molecule has 0 radical (unpaired) electrons. The number of benzene rings is 1. The Morgan fingerprint density at radius 3 is 2.59 bits per heavy atom. The van der Waals surface area contributed by atoms with Gasteiger partial charge in [0, 0.05) is 23.5 Å². The Bertz CT molecular complexity index is 790. The number of aliphatic imine (C=N–C) groups is 1. The molecule has 0 spiro atoms. The van der Waals surface area contributed by atoms with E-state index in [9.17, 15) is 18.3 Å². The van der Waals surface area contributed by atoms with Crippen molar-refractivity contribution < 1.29 is 23.0 Å². The number of alkyl halides is 3. The van der Waals surface area contributed by atoms with Gasteiger partial charge >= 0.3 is 6.18 Å². The van der Waals surface area contributed by atoms with E-state index in [2.05, 4.69) is 15.6 Å². The minimum Gasteiger partial charge on any atom is -0.484 e. The van der Waals surface area contributed by atoms with Crippen molar-refractivity contribution >= 4 is 52.9 Å². The van der Waals surface area contributed by atoms with Crippen molar-refractivity contribution in [3.63, 3.8) is 0 Å². The van der Waals surface area contributed by atoms with E-state index in [1.807, 2.05) is 6.92 Å². The van der Waals surface area contributed by atoms with Crippen molar-refractivity contribution in [2.45, 2.75) is 25.7 Å². The summed E-state index contributed by atoms with van der Waals surface area (Å²) in [5.74, 6) is 0.558. The first-order valence-electron chi connectivity index (χ1n) is 8.51. The predicted octanol–water partition coefficient (Wildman–Crippen LogP) is 4.75. The van der Waals surface area contributed by atoms with Gasteiger partial charge in [-0.05, 0) is 25.1 Å². The Balaban J connectivity index is 0.00000420. The van der Waals surface area contributed by atoms with Crippen LogP contribution < -0.4 is 15.4 Å². The monoisotopic (exact) mass is 563 g/mol. The third-order valence-electron chi connectivity index (χ3n) is 3.50. The largest absolute Gasteiger partial charge is 0.484 e. The SMILES string of the molecule is CCNC(=NCc1ccccc1OCC(F)(F)F)NCC(O)c1ccc(Cl)s1.I. The molecule has 0 fully saturated rings. The molecule has 1 aromatic carbocycles. The highest BCUT2D eigenvalue weighted by Gasteiger charge is 2.28. The number of aliphatic hydroxyl groups is 1. The highest BCUT2D eigenvalue weighted by Crippen LogP contribution is 2.26. The van der Waals surface area contributed by atoms with Crippen LogP contribution in [0.25, 0.3) is 0 Å². The first-order chi connectivity index (χ1) is 13.3. The number of hydrogen-bond donors (Lipinski definition) is 3. The van der Waals surface area contributed by atoms with E-state index < -0.39 is 18.9 Å². The summed E-state index contributed by atoms with van der Waals surface area (Å²) >= 11 is 7.16. The molecule has 3 N–H and O–H groups in total. The number of para-hydroxylation sites is 1. The lowest BCUT2D eigenvalue weighted by molar-refractivity contribution is -0.153. The maximum atomic E-state index is 12.4. The summed E-state index contributed by atoms with van der Waals surface area (Å²) in [4.78, 5) is 5.08. The van der Waals surface area contributed by atoms with Gasteiger partial charge in [0.1, 0.15) is 11.9 Å². The molecule has 162 valence electrons. The van der Waals surface area contributed by atoms with Gasteiger partial charge in [0.2, 0.25) is 0 Å². The molecule has 1 aromatic heterocycles. The van der Waals surface area contributed by atoms with Crippen LogP contribution in [0.5, 0.6) is 5.75 Å². The van der Waals surface area contributed by atoms with Crippen LogP contribution in [0.1, 0.15) is 23.5 Å². The standard InChI is InChI=1S/C18H21ClF3N3O2S.HI/c1-2-23-17(25-10-13(26)15-7-8-16(19)28-15)24-9-12-5-3-4-6-14(12)27-11-18(20,21)22;/h3-8,13,26H,2,9-11H2,1H3,(H2,23,24,25);1H. The summed E-state index contributed by atoms with van der Waals surface area (Å²) in [6, 6.07) is 9.89. The smallest absolute Gasteiger partial charge is 0.422 e. The molecule has 0 amide bonds. The van der Waals surface area contributed by atoms with E-state index in [0.29, 0.717) is 22.4 Å². The number of rotatable bonds is 8. The fourth-order valence-electron chi connectivity index (χ4n) is 2.24. The van der Waals surface area contributed by atoms with E-state index in [4.69, 9.17) is 16.3 Å². The fourth-order valence-corrected chi connectivity index (χ4v) is 3.29. The van der Waals surface area contributed by atoms with E-state index in [-0.39, 0.29) is 42.8 Å². The van der Waals surface area contributed by atoms with E-state index >= 15 is 0 Å². The van der Waals surface area contributed by atoms with Gasteiger partial charge in [0.15, 0.2) is 12.6 Å². The second kappa shape index (κ2) is 12.5. The van der Waals surface area contributed by atoms with Crippen molar-refractivity contribution in [2.24, 2.45) is 4.99 Å². The predicted molar refractivity (Wildman–Crippen MR) is 121 cm³/mol. The highest BCUT2D eigenvalue weighted by molar-refractivity contribution is 14.0. The molecular weight excluding hydrogens is 542 g/mol. The molecule has 1 heterocycles. The van der Waals surface area contributed by atoms with Crippen LogP contribution in [0.15, 0.2) is 41.4 Å². The Labute approximate surface area is 193 Å². The number of aliphatic hydroxyl groups excluding tert-OH is 1. The molecule has 1 atom stereocenters.